The molecule has 0 bridgehead atoms. The first-order chi connectivity index (χ1) is 8.97. The molecule has 2 aromatic rings. The van der Waals surface area contributed by atoms with Crippen LogP contribution in [-0.4, -0.2) is 8.07 Å². The molecule has 0 saturated carbocycles. The Kier molecular flexibility index (Phi) is 4.05. The maximum absolute atomic E-state index is 13.4. The Balaban J connectivity index is 2.21. The third-order valence-electron chi connectivity index (χ3n) is 2.99. The van der Waals surface area contributed by atoms with Crippen molar-refractivity contribution in [1.29, 1.82) is 0 Å². The minimum atomic E-state index is -1.61. The van der Waals surface area contributed by atoms with Crippen LogP contribution >= 0.6 is 0 Å². The van der Waals surface area contributed by atoms with Gasteiger partial charge in [0, 0.05) is 0 Å². The molecule has 0 radical (unpaired) electrons. The van der Waals surface area contributed by atoms with Gasteiger partial charge in [0.2, 0.25) is 0 Å². The van der Waals surface area contributed by atoms with E-state index in [9.17, 15) is 4.39 Å². The van der Waals surface area contributed by atoms with Gasteiger partial charge in [0.15, 0.2) is 0 Å². The zero-order valence-electron chi connectivity index (χ0n) is 11.6. The first-order valence-electron chi connectivity index (χ1n) is 6.43. The second-order valence-corrected chi connectivity index (χ2v) is 10.7. The topological polar surface area (TPSA) is 9.23 Å². The van der Waals surface area contributed by atoms with Gasteiger partial charge in [0.1, 0.15) is 18.2 Å². The van der Waals surface area contributed by atoms with Crippen molar-refractivity contribution in [3.63, 3.8) is 0 Å². The first kappa shape index (κ1) is 13.8. The van der Waals surface area contributed by atoms with Crippen LogP contribution < -0.4 is 9.92 Å². The van der Waals surface area contributed by atoms with E-state index in [-0.39, 0.29) is 5.82 Å². The van der Waals surface area contributed by atoms with Gasteiger partial charge in [-0.15, -0.1) is 0 Å². The number of ether oxygens (including phenoxy) is 1. The van der Waals surface area contributed by atoms with Crippen molar-refractivity contribution in [1.82, 2.24) is 0 Å². The summed E-state index contributed by atoms with van der Waals surface area (Å²) in [6, 6.07) is 14.8. The molecular formula is C16H19FOSi. The summed E-state index contributed by atoms with van der Waals surface area (Å²) < 4.78 is 19.3. The summed E-state index contributed by atoms with van der Waals surface area (Å²) in [7, 11) is -1.61. The molecule has 0 N–H and O–H groups in total. The molecule has 2 aromatic carbocycles. The second kappa shape index (κ2) is 5.57. The third kappa shape index (κ3) is 3.67. The van der Waals surface area contributed by atoms with E-state index in [2.05, 4.69) is 19.6 Å². The van der Waals surface area contributed by atoms with Crippen LogP contribution in [0.25, 0.3) is 0 Å². The molecule has 0 atom stereocenters. The average molecular weight is 274 g/mol. The van der Waals surface area contributed by atoms with E-state index in [1.807, 2.05) is 30.3 Å². The lowest BCUT2D eigenvalue weighted by atomic mass is 10.2. The van der Waals surface area contributed by atoms with Crippen LogP contribution in [0.3, 0.4) is 0 Å². The highest BCUT2D eigenvalue weighted by Crippen LogP contribution is 2.17. The fraction of sp³-hybridized carbons (Fsp3) is 0.250. The standard InChI is InChI=1S/C16H19FOSi/c1-19(2,3)16-11-14(17)9-10-15(16)18-12-13-7-5-4-6-8-13/h4-11H,12H2,1-3H3. The molecule has 19 heavy (non-hydrogen) atoms. The number of hydrogen-bond acceptors (Lipinski definition) is 1. The number of rotatable bonds is 4. The largest absolute Gasteiger partial charge is 0.489 e. The average Bonchev–Trinajstić information content (AvgIpc) is 2.37. The van der Waals surface area contributed by atoms with Crippen molar-refractivity contribution in [3.8, 4) is 5.75 Å². The molecule has 100 valence electrons. The summed E-state index contributed by atoms with van der Waals surface area (Å²) in [5.41, 5.74) is 1.12. The Morgan fingerprint density at radius 1 is 1.00 bits per heavy atom. The molecule has 3 heteroatoms. The van der Waals surface area contributed by atoms with E-state index in [1.165, 1.54) is 6.07 Å². The molecule has 2 rings (SSSR count). The van der Waals surface area contributed by atoms with Crippen molar-refractivity contribution >= 4 is 13.3 Å². The van der Waals surface area contributed by atoms with E-state index in [0.29, 0.717) is 6.61 Å². The van der Waals surface area contributed by atoms with Gasteiger partial charge in [-0.2, -0.15) is 0 Å². The molecule has 1 nitrogen and oxygen atoms in total. The molecule has 0 amide bonds. The molecule has 0 aromatic heterocycles. The monoisotopic (exact) mass is 274 g/mol. The van der Waals surface area contributed by atoms with Crippen LogP contribution in [0.15, 0.2) is 48.5 Å². The zero-order chi connectivity index (χ0) is 13.9. The lowest BCUT2D eigenvalue weighted by molar-refractivity contribution is 0.308. The molecule has 0 unspecified atom stereocenters. The quantitative estimate of drug-likeness (QED) is 0.767. The van der Waals surface area contributed by atoms with E-state index >= 15 is 0 Å². The smallest absolute Gasteiger partial charge is 0.123 e. The molecule has 0 saturated heterocycles. The van der Waals surface area contributed by atoms with E-state index in [0.717, 1.165) is 16.5 Å². The Morgan fingerprint density at radius 3 is 2.32 bits per heavy atom. The number of halogens is 1. The van der Waals surface area contributed by atoms with Crippen LogP contribution in [-0.2, 0) is 6.61 Å². The van der Waals surface area contributed by atoms with Crippen molar-refractivity contribution in [2.24, 2.45) is 0 Å². The van der Waals surface area contributed by atoms with Gasteiger partial charge >= 0.3 is 0 Å². The molecule has 0 aliphatic rings. The van der Waals surface area contributed by atoms with E-state index in [1.54, 1.807) is 12.1 Å². The Bertz CT molecular complexity index is 546. The van der Waals surface area contributed by atoms with E-state index in [4.69, 9.17) is 4.74 Å². The predicted octanol–water partition coefficient (Wildman–Crippen LogP) is 3.95. The Hall–Kier alpha value is -1.61. The summed E-state index contributed by atoms with van der Waals surface area (Å²) in [6.07, 6.45) is 0. The molecular weight excluding hydrogens is 255 g/mol. The normalized spacial score (nSPS) is 11.4. The van der Waals surface area contributed by atoms with Crippen molar-refractivity contribution < 1.29 is 9.13 Å². The van der Waals surface area contributed by atoms with Crippen LogP contribution in [0, 0.1) is 5.82 Å². The van der Waals surface area contributed by atoms with Crippen LogP contribution in [0.5, 0.6) is 5.75 Å². The Labute approximate surface area is 115 Å². The zero-order valence-corrected chi connectivity index (χ0v) is 12.6. The van der Waals surface area contributed by atoms with Crippen molar-refractivity contribution in [3.05, 3.63) is 59.9 Å². The minimum absolute atomic E-state index is 0.190. The Morgan fingerprint density at radius 2 is 1.68 bits per heavy atom. The molecule has 0 spiro atoms. The SMILES string of the molecule is C[Si](C)(C)c1cc(F)ccc1OCc1ccccc1. The lowest BCUT2D eigenvalue weighted by Gasteiger charge is -2.21. The lowest BCUT2D eigenvalue weighted by Crippen LogP contribution is -2.39. The highest BCUT2D eigenvalue weighted by molar-refractivity contribution is 6.89. The van der Waals surface area contributed by atoms with Gasteiger partial charge in [-0.3, -0.25) is 0 Å². The summed E-state index contributed by atoms with van der Waals surface area (Å²) >= 11 is 0. The van der Waals surface area contributed by atoms with Gasteiger partial charge in [-0.25, -0.2) is 4.39 Å². The summed E-state index contributed by atoms with van der Waals surface area (Å²) in [5.74, 6) is 0.619. The van der Waals surface area contributed by atoms with Crippen LogP contribution in [0.2, 0.25) is 19.6 Å². The van der Waals surface area contributed by atoms with Gasteiger partial charge < -0.3 is 4.74 Å². The maximum Gasteiger partial charge on any atom is 0.123 e. The van der Waals surface area contributed by atoms with Crippen molar-refractivity contribution in [2.75, 3.05) is 0 Å². The van der Waals surface area contributed by atoms with E-state index < -0.39 is 8.07 Å². The second-order valence-electron chi connectivity index (χ2n) is 5.66. The first-order valence-corrected chi connectivity index (χ1v) is 9.93. The van der Waals surface area contributed by atoms with Crippen LogP contribution in [0.1, 0.15) is 5.56 Å². The van der Waals surface area contributed by atoms with Crippen molar-refractivity contribution in [2.45, 2.75) is 26.2 Å². The predicted molar refractivity (Wildman–Crippen MR) is 80.2 cm³/mol. The summed E-state index contributed by atoms with van der Waals surface area (Å²) in [6.45, 7) is 7.09. The summed E-state index contributed by atoms with van der Waals surface area (Å²) in [5, 5.41) is 1.03. The highest BCUT2D eigenvalue weighted by atomic mass is 28.3. The van der Waals surface area contributed by atoms with Gasteiger partial charge in [0.05, 0.1) is 8.07 Å². The fourth-order valence-electron chi connectivity index (χ4n) is 1.95. The van der Waals surface area contributed by atoms with Crippen LogP contribution in [0.4, 0.5) is 4.39 Å². The molecule has 0 aliphatic heterocycles. The summed E-state index contributed by atoms with van der Waals surface area (Å²) in [4.78, 5) is 0. The van der Waals surface area contributed by atoms with Gasteiger partial charge in [-0.1, -0.05) is 50.0 Å². The number of benzene rings is 2. The number of hydrogen-bond donors (Lipinski definition) is 0. The molecule has 0 aliphatic carbocycles. The van der Waals surface area contributed by atoms with Gasteiger partial charge in [0.25, 0.3) is 0 Å². The highest BCUT2D eigenvalue weighted by Gasteiger charge is 2.21. The third-order valence-corrected chi connectivity index (χ3v) is 4.99. The fourth-order valence-corrected chi connectivity index (χ4v) is 3.42. The minimum Gasteiger partial charge on any atom is -0.489 e. The molecule has 0 fully saturated rings. The van der Waals surface area contributed by atoms with Gasteiger partial charge in [-0.05, 0) is 28.9 Å². The maximum atomic E-state index is 13.4. The molecule has 0 heterocycles.